The van der Waals surface area contributed by atoms with E-state index in [1.165, 1.54) is 0 Å². The SMILES string of the molecule is COC(C)CCC(=O)NCCC(C)(C)C(=O)O. The fourth-order valence-corrected chi connectivity index (χ4v) is 1.16. The van der Waals surface area contributed by atoms with Crippen LogP contribution < -0.4 is 5.32 Å². The molecular weight excluding hydrogens is 222 g/mol. The standard InChI is InChI=1S/C12H23NO4/c1-9(17-4)5-6-10(14)13-8-7-12(2,3)11(15)16/h9H,5-8H2,1-4H3,(H,13,14)(H,15,16). The minimum absolute atomic E-state index is 0.0601. The first-order valence-electron chi connectivity index (χ1n) is 5.82. The average Bonchev–Trinajstić information content (AvgIpc) is 2.25. The van der Waals surface area contributed by atoms with E-state index in [0.717, 1.165) is 0 Å². The zero-order chi connectivity index (χ0) is 13.5. The summed E-state index contributed by atoms with van der Waals surface area (Å²) in [5.41, 5.74) is -0.799. The van der Waals surface area contributed by atoms with Crippen molar-refractivity contribution < 1.29 is 19.4 Å². The first-order chi connectivity index (χ1) is 7.79. The van der Waals surface area contributed by atoms with Gasteiger partial charge in [-0.05, 0) is 33.6 Å². The van der Waals surface area contributed by atoms with Crippen molar-refractivity contribution in [1.82, 2.24) is 5.32 Å². The Morgan fingerprint density at radius 2 is 2.00 bits per heavy atom. The Hall–Kier alpha value is -1.10. The van der Waals surface area contributed by atoms with Crippen LogP contribution in [0.1, 0.15) is 40.0 Å². The van der Waals surface area contributed by atoms with Gasteiger partial charge in [0.1, 0.15) is 0 Å². The van der Waals surface area contributed by atoms with Crippen LogP contribution >= 0.6 is 0 Å². The molecule has 0 heterocycles. The Morgan fingerprint density at radius 3 is 2.47 bits per heavy atom. The smallest absolute Gasteiger partial charge is 0.309 e. The molecule has 2 N–H and O–H groups in total. The van der Waals surface area contributed by atoms with Gasteiger partial charge in [-0.15, -0.1) is 0 Å². The predicted octanol–water partition coefficient (Wildman–Crippen LogP) is 1.42. The maximum absolute atomic E-state index is 11.4. The molecule has 0 bridgehead atoms. The molecule has 5 nitrogen and oxygen atoms in total. The van der Waals surface area contributed by atoms with Crippen LogP contribution in [0.4, 0.5) is 0 Å². The highest BCUT2D eigenvalue weighted by Crippen LogP contribution is 2.19. The zero-order valence-corrected chi connectivity index (χ0v) is 11.1. The van der Waals surface area contributed by atoms with Crippen LogP contribution in [0, 0.1) is 5.41 Å². The van der Waals surface area contributed by atoms with Gasteiger partial charge in [0.05, 0.1) is 11.5 Å². The Labute approximate surface area is 103 Å². The topological polar surface area (TPSA) is 75.6 Å². The predicted molar refractivity (Wildman–Crippen MR) is 64.7 cm³/mol. The summed E-state index contributed by atoms with van der Waals surface area (Å²) in [6.07, 6.45) is 1.57. The summed E-state index contributed by atoms with van der Waals surface area (Å²) >= 11 is 0. The highest BCUT2D eigenvalue weighted by molar-refractivity contribution is 5.76. The second-order valence-corrected chi connectivity index (χ2v) is 4.87. The number of methoxy groups -OCH3 is 1. The molecule has 0 aromatic rings. The molecule has 0 fully saturated rings. The molecule has 0 aromatic carbocycles. The number of carbonyl (C=O) groups is 2. The molecule has 1 atom stereocenters. The molecule has 0 aromatic heterocycles. The molecule has 0 aliphatic carbocycles. The fourth-order valence-electron chi connectivity index (χ4n) is 1.16. The number of carboxylic acids is 1. The van der Waals surface area contributed by atoms with Gasteiger partial charge in [-0.1, -0.05) is 0 Å². The van der Waals surface area contributed by atoms with Gasteiger partial charge in [0.15, 0.2) is 0 Å². The summed E-state index contributed by atoms with van der Waals surface area (Å²) in [6, 6.07) is 0. The number of aliphatic carboxylic acids is 1. The van der Waals surface area contributed by atoms with E-state index >= 15 is 0 Å². The summed E-state index contributed by atoms with van der Waals surface area (Å²) in [7, 11) is 1.61. The third kappa shape index (κ3) is 6.94. The quantitative estimate of drug-likeness (QED) is 0.678. The molecule has 0 aliphatic rings. The van der Waals surface area contributed by atoms with Gasteiger partial charge >= 0.3 is 5.97 Å². The van der Waals surface area contributed by atoms with Crippen molar-refractivity contribution >= 4 is 11.9 Å². The highest BCUT2D eigenvalue weighted by atomic mass is 16.5. The summed E-state index contributed by atoms with van der Waals surface area (Å²) < 4.78 is 5.03. The Bertz CT molecular complexity index is 263. The third-order valence-electron chi connectivity index (χ3n) is 2.83. The van der Waals surface area contributed by atoms with E-state index < -0.39 is 11.4 Å². The second kappa shape index (κ2) is 7.27. The van der Waals surface area contributed by atoms with Crippen molar-refractivity contribution in [3.05, 3.63) is 0 Å². The lowest BCUT2D eigenvalue weighted by Gasteiger charge is -2.19. The fraction of sp³-hybridized carbons (Fsp3) is 0.833. The van der Waals surface area contributed by atoms with E-state index in [1.807, 2.05) is 6.92 Å². The number of hydrogen-bond acceptors (Lipinski definition) is 3. The number of rotatable bonds is 8. The molecule has 0 radical (unpaired) electrons. The molecule has 1 unspecified atom stereocenters. The molecule has 0 saturated carbocycles. The molecule has 0 spiro atoms. The van der Waals surface area contributed by atoms with Gasteiger partial charge in [0.2, 0.25) is 5.91 Å². The Balaban J connectivity index is 3.75. The summed E-state index contributed by atoms with van der Waals surface area (Å²) in [5.74, 6) is -0.908. The van der Waals surface area contributed by atoms with Crippen LogP contribution in [-0.2, 0) is 14.3 Å². The lowest BCUT2D eigenvalue weighted by atomic mass is 9.90. The second-order valence-electron chi connectivity index (χ2n) is 4.87. The lowest BCUT2D eigenvalue weighted by molar-refractivity contribution is -0.147. The average molecular weight is 245 g/mol. The van der Waals surface area contributed by atoms with Crippen LogP contribution in [-0.4, -0.2) is 36.7 Å². The van der Waals surface area contributed by atoms with Crippen molar-refractivity contribution in [2.75, 3.05) is 13.7 Å². The molecule has 0 saturated heterocycles. The number of hydrogen-bond donors (Lipinski definition) is 2. The van der Waals surface area contributed by atoms with Crippen LogP contribution in [0.5, 0.6) is 0 Å². The normalized spacial score (nSPS) is 13.2. The van der Waals surface area contributed by atoms with Crippen LogP contribution in [0.25, 0.3) is 0 Å². The summed E-state index contributed by atoms with van der Waals surface area (Å²) in [6.45, 7) is 5.59. The monoisotopic (exact) mass is 245 g/mol. The molecular formula is C12H23NO4. The van der Waals surface area contributed by atoms with Crippen molar-refractivity contribution in [2.45, 2.75) is 46.1 Å². The van der Waals surface area contributed by atoms with Crippen molar-refractivity contribution in [3.63, 3.8) is 0 Å². The minimum atomic E-state index is -0.847. The van der Waals surface area contributed by atoms with Gasteiger partial charge in [-0.2, -0.15) is 0 Å². The van der Waals surface area contributed by atoms with Gasteiger partial charge in [-0.3, -0.25) is 9.59 Å². The van der Waals surface area contributed by atoms with Gasteiger partial charge in [-0.25, -0.2) is 0 Å². The summed E-state index contributed by atoms with van der Waals surface area (Å²) in [5, 5.41) is 11.6. The number of carboxylic acid groups (broad SMARTS) is 1. The maximum Gasteiger partial charge on any atom is 0.309 e. The molecule has 0 rings (SSSR count). The van der Waals surface area contributed by atoms with E-state index in [2.05, 4.69) is 5.32 Å². The third-order valence-corrected chi connectivity index (χ3v) is 2.83. The summed E-state index contributed by atoms with van der Waals surface area (Å²) in [4.78, 5) is 22.2. The van der Waals surface area contributed by atoms with E-state index in [9.17, 15) is 9.59 Å². The molecule has 100 valence electrons. The number of nitrogens with one attached hydrogen (secondary N) is 1. The Kier molecular flexibility index (Phi) is 6.80. The van der Waals surface area contributed by atoms with Crippen LogP contribution in [0.2, 0.25) is 0 Å². The van der Waals surface area contributed by atoms with E-state index in [0.29, 0.717) is 25.8 Å². The number of carbonyl (C=O) groups excluding carboxylic acids is 1. The largest absolute Gasteiger partial charge is 0.481 e. The maximum atomic E-state index is 11.4. The van der Waals surface area contributed by atoms with E-state index in [4.69, 9.17) is 9.84 Å². The lowest BCUT2D eigenvalue weighted by Crippen LogP contribution is -2.32. The molecule has 17 heavy (non-hydrogen) atoms. The van der Waals surface area contributed by atoms with E-state index in [1.54, 1.807) is 21.0 Å². The van der Waals surface area contributed by atoms with Crippen LogP contribution in [0.3, 0.4) is 0 Å². The van der Waals surface area contributed by atoms with Crippen molar-refractivity contribution in [2.24, 2.45) is 5.41 Å². The number of amides is 1. The van der Waals surface area contributed by atoms with Gasteiger partial charge in [0.25, 0.3) is 0 Å². The zero-order valence-electron chi connectivity index (χ0n) is 11.1. The van der Waals surface area contributed by atoms with E-state index in [-0.39, 0.29) is 12.0 Å². The first kappa shape index (κ1) is 15.9. The molecule has 0 aliphatic heterocycles. The van der Waals surface area contributed by atoms with Crippen LogP contribution in [0.15, 0.2) is 0 Å². The highest BCUT2D eigenvalue weighted by Gasteiger charge is 2.26. The minimum Gasteiger partial charge on any atom is -0.481 e. The first-order valence-corrected chi connectivity index (χ1v) is 5.82. The Morgan fingerprint density at radius 1 is 1.41 bits per heavy atom. The molecule has 5 heteroatoms. The molecule has 1 amide bonds. The van der Waals surface area contributed by atoms with Gasteiger partial charge < -0.3 is 15.2 Å². The van der Waals surface area contributed by atoms with Crippen molar-refractivity contribution in [1.29, 1.82) is 0 Å². The number of ether oxygens (including phenoxy) is 1. The van der Waals surface area contributed by atoms with Gasteiger partial charge in [0, 0.05) is 20.1 Å². The van der Waals surface area contributed by atoms with Crippen molar-refractivity contribution in [3.8, 4) is 0 Å².